The van der Waals surface area contributed by atoms with Crippen molar-refractivity contribution in [2.45, 2.75) is 13.8 Å². The molecule has 0 saturated carbocycles. The van der Waals surface area contributed by atoms with Crippen LogP contribution in [0.2, 0.25) is 0 Å². The average Bonchev–Trinajstić information content (AvgIpc) is 2.74. The van der Waals surface area contributed by atoms with E-state index in [2.05, 4.69) is 36.1 Å². The molecule has 0 aliphatic carbocycles. The summed E-state index contributed by atoms with van der Waals surface area (Å²) in [5, 5.41) is 2.95. The van der Waals surface area contributed by atoms with Crippen molar-refractivity contribution in [1.82, 2.24) is 15.0 Å². The number of nitrogens with one attached hydrogen (secondary N) is 1. The van der Waals surface area contributed by atoms with Crippen LogP contribution in [0.5, 0.6) is 0 Å². The minimum Gasteiger partial charge on any atom is -0.353 e. The number of benzene rings is 1. The number of carbonyl (C=O) groups is 1. The van der Waals surface area contributed by atoms with Gasteiger partial charge in [-0.2, -0.15) is 0 Å². The highest BCUT2D eigenvalue weighted by Crippen LogP contribution is 2.18. The normalized spacial score (nSPS) is 14.0. The van der Waals surface area contributed by atoms with Gasteiger partial charge in [0.1, 0.15) is 5.82 Å². The van der Waals surface area contributed by atoms with Crippen LogP contribution in [0.4, 0.5) is 17.5 Å². The number of aryl methyl sites for hydroxylation is 2. The lowest BCUT2D eigenvalue weighted by Crippen LogP contribution is -2.47. The van der Waals surface area contributed by atoms with E-state index in [4.69, 9.17) is 0 Å². The van der Waals surface area contributed by atoms with E-state index in [0.717, 1.165) is 54.8 Å². The summed E-state index contributed by atoms with van der Waals surface area (Å²) in [6, 6.07) is 11.6. The zero-order valence-electron chi connectivity index (χ0n) is 16.7. The van der Waals surface area contributed by atoms with Crippen LogP contribution in [-0.2, 0) is 0 Å². The van der Waals surface area contributed by atoms with Crippen molar-refractivity contribution >= 4 is 23.4 Å². The van der Waals surface area contributed by atoms with Gasteiger partial charge in [0.15, 0.2) is 0 Å². The molecule has 0 bridgehead atoms. The first-order valence-corrected chi connectivity index (χ1v) is 9.71. The molecule has 1 aliphatic rings. The van der Waals surface area contributed by atoms with Crippen LogP contribution >= 0.6 is 0 Å². The minimum atomic E-state index is -0.153. The lowest BCUT2D eigenvalue weighted by molar-refractivity contribution is 0.102. The number of hydrogen-bond donors (Lipinski definition) is 1. The first-order chi connectivity index (χ1) is 14.1. The molecular formula is C22H24N6O. The number of pyridine rings is 1. The van der Waals surface area contributed by atoms with Gasteiger partial charge in [-0.1, -0.05) is 6.07 Å². The number of hydrogen-bond acceptors (Lipinski definition) is 6. The molecule has 2 aromatic heterocycles. The summed E-state index contributed by atoms with van der Waals surface area (Å²) >= 11 is 0. The number of carbonyl (C=O) groups excluding carboxylic acids is 1. The smallest absolute Gasteiger partial charge is 0.257 e. The average molecular weight is 388 g/mol. The summed E-state index contributed by atoms with van der Waals surface area (Å²) in [7, 11) is 0. The van der Waals surface area contributed by atoms with Crippen molar-refractivity contribution in [1.29, 1.82) is 0 Å². The third-order valence-corrected chi connectivity index (χ3v) is 4.93. The summed E-state index contributed by atoms with van der Waals surface area (Å²) in [6.45, 7) is 7.37. The van der Waals surface area contributed by atoms with Gasteiger partial charge in [-0.3, -0.25) is 4.79 Å². The fourth-order valence-corrected chi connectivity index (χ4v) is 3.55. The molecule has 0 unspecified atom stereocenters. The van der Waals surface area contributed by atoms with Crippen molar-refractivity contribution in [2.24, 2.45) is 0 Å². The Morgan fingerprint density at radius 1 is 0.897 bits per heavy atom. The monoisotopic (exact) mass is 388 g/mol. The van der Waals surface area contributed by atoms with Crippen LogP contribution in [0.25, 0.3) is 0 Å². The highest BCUT2D eigenvalue weighted by atomic mass is 16.1. The Kier molecular flexibility index (Phi) is 5.37. The Morgan fingerprint density at radius 3 is 2.17 bits per heavy atom. The van der Waals surface area contributed by atoms with E-state index in [-0.39, 0.29) is 5.91 Å². The molecule has 148 valence electrons. The first kappa shape index (κ1) is 18.9. The fourth-order valence-electron chi connectivity index (χ4n) is 3.55. The molecule has 3 heterocycles. The summed E-state index contributed by atoms with van der Waals surface area (Å²) in [4.78, 5) is 30.1. The number of amides is 1. The summed E-state index contributed by atoms with van der Waals surface area (Å²) in [5.74, 6) is 1.49. The zero-order valence-corrected chi connectivity index (χ0v) is 16.7. The van der Waals surface area contributed by atoms with Gasteiger partial charge in [0, 0.05) is 50.5 Å². The fraction of sp³-hybridized carbons (Fsp3) is 0.273. The Labute approximate surface area is 170 Å². The maximum absolute atomic E-state index is 12.5. The predicted molar refractivity (Wildman–Crippen MR) is 115 cm³/mol. The van der Waals surface area contributed by atoms with Crippen LogP contribution in [0, 0.1) is 13.8 Å². The van der Waals surface area contributed by atoms with Gasteiger partial charge < -0.3 is 15.1 Å². The second-order valence-electron chi connectivity index (χ2n) is 7.26. The maximum atomic E-state index is 12.5. The van der Waals surface area contributed by atoms with Crippen molar-refractivity contribution in [3.63, 3.8) is 0 Å². The van der Waals surface area contributed by atoms with E-state index >= 15 is 0 Å². The molecule has 1 fully saturated rings. The number of aromatic nitrogens is 3. The Balaban J connectivity index is 1.37. The van der Waals surface area contributed by atoms with E-state index in [1.807, 2.05) is 44.2 Å². The molecule has 29 heavy (non-hydrogen) atoms. The van der Waals surface area contributed by atoms with Crippen LogP contribution < -0.4 is 15.1 Å². The Morgan fingerprint density at radius 2 is 1.55 bits per heavy atom. The number of nitrogens with zero attached hydrogens (tertiary/aromatic N) is 5. The molecule has 0 atom stereocenters. The maximum Gasteiger partial charge on any atom is 0.257 e. The molecule has 1 saturated heterocycles. The van der Waals surface area contributed by atoms with Crippen LogP contribution in [0.3, 0.4) is 0 Å². The van der Waals surface area contributed by atoms with Gasteiger partial charge in [0.05, 0.1) is 5.56 Å². The van der Waals surface area contributed by atoms with Crippen LogP contribution in [0.15, 0.2) is 55.0 Å². The van der Waals surface area contributed by atoms with Gasteiger partial charge >= 0.3 is 0 Å². The molecule has 4 rings (SSSR count). The molecule has 1 N–H and O–H groups in total. The van der Waals surface area contributed by atoms with Crippen molar-refractivity contribution < 1.29 is 4.79 Å². The molecule has 0 spiro atoms. The number of rotatable bonds is 4. The third-order valence-electron chi connectivity index (χ3n) is 4.93. The Hall–Kier alpha value is -3.48. The van der Waals surface area contributed by atoms with Crippen molar-refractivity contribution in [3.8, 4) is 0 Å². The van der Waals surface area contributed by atoms with E-state index in [9.17, 15) is 4.79 Å². The molecule has 3 aromatic rings. The largest absolute Gasteiger partial charge is 0.353 e. The SMILES string of the molecule is Cc1cc(C)cc(NC(=O)c2ccc(N3CCN(c4ncccn4)CC3)nc2)c1. The lowest BCUT2D eigenvalue weighted by atomic mass is 10.1. The summed E-state index contributed by atoms with van der Waals surface area (Å²) in [6.07, 6.45) is 5.16. The van der Waals surface area contributed by atoms with Gasteiger partial charge in [0.2, 0.25) is 5.95 Å². The first-order valence-electron chi connectivity index (χ1n) is 9.71. The van der Waals surface area contributed by atoms with E-state index in [0.29, 0.717) is 5.56 Å². The molecule has 7 nitrogen and oxygen atoms in total. The van der Waals surface area contributed by atoms with E-state index < -0.39 is 0 Å². The second-order valence-corrected chi connectivity index (χ2v) is 7.26. The second kappa shape index (κ2) is 8.26. The van der Waals surface area contributed by atoms with Gasteiger partial charge in [-0.05, 0) is 55.3 Å². The number of piperazine rings is 1. The standard InChI is InChI=1S/C22H24N6O/c1-16-12-17(2)14-19(13-16)26-21(29)18-4-5-20(25-15-18)27-8-10-28(11-9-27)22-23-6-3-7-24-22/h3-7,12-15H,8-11H2,1-2H3,(H,26,29). The zero-order chi connectivity index (χ0) is 20.2. The van der Waals surface area contributed by atoms with Gasteiger partial charge in [0.25, 0.3) is 5.91 Å². The molecule has 7 heteroatoms. The molecule has 1 amide bonds. The molecule has 1 aromatic carbocycles. The van der Waals surface area contributed by atoms with Crippen LogP contribution in [0.1, 0.15) is 21.5 Å². The van der Waals surface area contributed by atoms with E-state index in [1.165, 1.54) is 0 Å². The topological polar surface area (TPSA) is 74.2 Å². The molecule has 0 radical (unpaired) electrons. The van der Waals surface area contributed by atoms with Crippen molar-refractivity contribution in [2.75, 3.05) is 41.3 Å². The third kappa shape index (κ3) is 4.51. The quantitative estimate of drug-likeness (QED) is 0.740. The highest BCUT2D eigenvalue weighted by Gasteiger charge is 2.20. The van der Waals surface area contributed by atoms with Crippen molar-refractivity contribution in [3.05, 3.63) is 71.7 Å². The predicted octanol–water partition coefficient (Wildman–Crippen LogP) is 3.07. The van der Waals surface area contributed by atoms with E-state index in [1.54, 1.807) is 18.6 Å². The molecule has 1 aliphatic heterocycles. The van der Waals surface area contributed by atoms with Crippen LogP contribution in [-0.4, -0.2) is 47.0 Å². The van der Waals surface area contributed by atoms with Gasteiger partial charge in [-0.15, -0.1) is 0 Å². The molecular weight excluding hydrogens is 364 g/mol. The minimum absolute atomic E-state index is 0.153. The Bertz CT molecular complexity index is 962. The summed E-state index contributed by atoms with van der Waals surface area (Å²) in [5.41, 5.74) is 3.59. The number of anilines is 3. The lowest BCUT2D eigenvalue weighted by Gasteiger charge is -2.35. The summed E-state index contributed by atoms with van der Waals surface area (Å²) < 4.78 is 0. The highest BCUT2D eigenvalue weighted by molar-refractivity contribution is 6.04. The van der Waals surface area contributed by atoms with Gasteiger partial charge in [-0.25, -0.2) is 15.0 Å².